The number of carbonyl (C=O) groups is 1. The smallest absolute Gasteiger partial charge is 0.254 e. The number of ether oxygens (including phenoxy) is 1. The number of nitrogens with zero attached hydrogens (tertiary/aromatic N) is 1. The van der Waals surface area contributed by atoms with Crippen LogP contribution in [0.3, 0.4) is 0 Å². The van der Waals surface area contributed by atoms with Crippen molar-refractivity contribution in [3.63, 3.8) is 0 Å². The Morgan fingerprint density at radius 3 is 2.50 bits per heavy atom. The molecule has 28 heavy (non-hydrogen) atoms. The molecular weight excluding hydrogens is 373 g/mol. The van der Waals surface area contributed by atoms with E-state index in [2.05, 4.69) is 10.3 Å². The predicted molar refractivity (Wildman–Crippen MR) is 95.6 cm³/mol. The number of halogens is 3. The van der Waals surface area contributed by atoms with E-state index in [0.717, 1.165) is 11.6 Å². The van der Waals surface area contributed by atoms with Crippen molar-refractivity contribution in [2.24, 2.45) is 0 Å². The number of hydrogen-bond donors (Lipinski definition) is 1. The molecule has 0 unspecified atom stereocenters. The third-order valence-electron chi connectivity index (χ3n) is 4.16. The number of carbonyl (C=O) groups excluding carboxylic acids is 1. The summed E-state index contributed by atoms with van der Waals surface area (Å²) in [6.45, 7) is 1.86. The maximum absolute atomic E-state index is 13.7. The third-order valence-corrected chi connectivity index (χ3v) is 4.16. The highest BCUT2D eigenvalue weighted by molar-refractivity contribution is 5.94. The summed E-state index contributed by atoms with van der Waals surface area (Å²) in [4.78, 5) is 16.4. The molecule has 0 radical (unpaired) electrons. The molecule has 0 aliphatic carbocycles. The molecule has 1 N–H and O–H groups in total. The molecule has 3 rings (SSSR count). The van der Waals surface area contributed by atoms with Gasteiger partial charge in [-0.3, -0.25) is 4.79 Å². The van der Waals surface area contributed by atoms with Gasteiger partial charge in [0, 0.05) is 18.5 Å². The lowest BCUT2D eigenvalue weighted by Crippen LogP contribution is -2.27. The van der Waals surface area contributed by atoms with Gasteiger partial charge < -0.3 is 14.5 Å². The molecule has 0 saturated carbocycles. The molecule has 2 aromatic carbocycles. The molecule has 8 heteroatoms. The standard InChI is InChI=1S/C20H17F3N2O3/c1-11-16(25-20(28-11)12-3-5-13(27-2)6-4-12)9-10-24-19(26)14-7-8-15(21)18(23)17(14)22/h3-8H,9-10H2,1-2H3,(H,24,26). The van der Waals surface area contributed by atoms with Gasteiger partial charge in [-0.15, -0.1) is 0 Å². The maximum Gasteiger partial charge on any atom is 0.254 e. The Hall–Kier alpha value is -3.29. The SMILES string of the molecule is COc1ccc(-c2nc(CCNC(=O)c3ccc(F)c(F)c3F)c(C)o2)cc1. The number of aromatic nitrogens is 1. The van der Waals surface area contributed by atoms with Crippen molar-refractivity contribution in [3.8, 4) is 17.2 Å². The highest BCUT2D eigenvalue weighted by Crippen LogP contribution is 2.24. The molecule has 1 aromatic heterocycles. The molecular formula is C20H17F3N2O3. The molecule has 0 bridgehead atoms. The monoisotopic (exact) mass is 390 g/mol. The number of rotatable bonds is 6. The van der Waals surface area contributed by atoms with Gasteiger partial charge in [0.05, 0.1) is 18.4 Å². The molecule has 0 fully saturated rings. The Labute approximate surface area is 159 Å². The zero-order valence-corrected chi connectivity index (χ0v) is 15.2. The normalized spacial score (nSPS) is 10.8. The van der Waals surface area contributed by atoms with Crippen LogP contribution in [0.5, 0.6) is 5.75 Å². The summed E-state index contributed by atoms with van der Waals surface area (Å²) in [6, 6.07) is 8.78. The summed E-state index contributed by atoms with van der Waals surface area (Å²) in [7, 11) is 1.57. The van der Waals surface area contributed by atoms with Crippen molar-refractivity contribution < 1.29 is 27.1 Å². The van der Waals surface area contributed by atoms with Crippen molar-refractivity contribution >= 4 is 5.91 Å². The van der Waals surface area contributed by atoms with Gasteiger partial charge >= 0.3 is 0 Å². The summed E-state index contributed by atoms with van der Waals surface area (Å²) in [5, 5.41) is 2.46. The van der Waals surface area contributed by atoms with Gasteiger partial charge in [-0.25, -0.2) is 18.2 Å². The van der Waals surface area contributed by atoms with Gasteiger partial charge in [-0.2, -0.15) is 0 Å². The third kappa shape index (κ3) is 4.00. The van der Waals surface area contributed by atoms with Crippen molar-refractivity contribution in [3.05, 3.63) is 70.9 Å². The number of benzene rings is 2. The van der Waals surface area contributed by atoms with Crippen LogP contribution < -0.4 is 10.1 Å². The summed E-state index contributed by atoms with van der Waals surface area (Å²) < 4.78 is 50.6. The second-order valence-corrected chi connectivity index (χ2v) is 5.98. The van der Waals surface area contributed by atoms with Gasteiger partial charge in [-0.05, 0) is 43.3 Å². The Bertz CT molecular complexity index is 1000. The fourth-order valence-corrected chi connectivity index (χ4v) is 2.61. The summed E-state index contributed by atoms with van der Waals surface area (Å²) in [5.41, 5.74) is 0.828. The van der Waals surface area contributed by atoms with Gasteiger partial charge in [-0.1, -0.05) is 0 Å². The largest absolute Gasteiger partial charge is 0.497 e. The van der Waals surface area contributed by atoms with Crippen LogP contribution in [0, 0.1) is 24.4 Å². The maximum atomic E-state index is 13.7. The number of oxazole rings is 1. The van der Waals surface area contributed by atoms with Crippen LogP contribution in [0.2, 0.25) is 0 Å². The van der Waals surface area contributed by atoms with Crippen LogP contribution in [0.1, 0.15) is 21.8 Å². The zero-order chi connectivity index (χ0) is 20.3. The average molecular weight is 390 g/mol. The van der Waals surface area contributed by atoms with E-state index in [1.54, 1.807) is 26.2 Å². The Morgan fingerprint density at radius 2 is 1.82 bits per heavy atom. The van der Waals surface area contributed by atoms with Crippen LogP contribution in [0.25, 0.3) is 11.5 Å². The molecule has 3 aromatic rings. The number of methoxy groups -OCH3 is 1. The fraction of sp³-hybridized carbons (Fsp3) is 0.200. The molecule has 1 heterocycles. The van der Waals surface area contributed by atoms with Gasteiger partial charge in [0.1, 0.15) is 11.5 Å². The highest BCUT2D eigenvalue weighted by Gasteiger charge is 2.19. The van der Waals surface area contributed by atoms with Crippen LogP contribution in [-0.4, -0.2) is 24.5 Å². The lowest BCUT2D eigenvalue weighted by Gasteiger charge is -2.06. The van der Waals surface area contributed by atoms with E-state index >= 15 is 0 Å². The highest BCUT2D eigenvalue weighted by atomic mass is 19.2. The number of nitrogens with one attached hydrogen (secondary N) is 1. The first-order valence-electron chi connectivity index (χ1n) is 8.43. The van der Waals surface area contributed by atoms with Crippen LogP contribution in [-0.2, 0) is 6.42 Å². The first-order valence-corrected chi connectivity index (χ1v) is 8.43. The van der Waals surface area contributed by atoms with E-state index in [0.29, 0.717) is 35.6 Å². The summed E-state index contributed by atoms with van der Waals surface area (Å²) in [5.74, 6) is -3.67. The van der Waals surface area contributed by atoms with Crippen molar-refractivity contribution in [2.45, 2.75) is 13.3 Å². The lowest BCUT2D eigenvalue weighted by atomic mass is 10.1. The predicted octanol–water partition coefficient (Wildman–Crippen LogP) is 4.05. The molecule has 0 aliphatic rings. The fourth-order valence-electron chi connectivity index (χ4n) is 2.61. The minimum Gasteiger partial charge on any atom is -0.497 e. The first-order chi connectivity index (χ1) is 13.4. The van der Waals surface area contributed by atoms with Crippen molar-refractivity contribution in [1.82, 2.24) is 10.3 Å². The van der Waals surface area contributed by atoms with E-state index in [1.807, 2.05) is 12.1 Å². The minimum atomic E-state index is -1.68. The Kier molecular flexibility index (Phi) is 5.67. The van der Waals surface area contributed by atoms with E-state index in [9.17, 15) is 18.0 Å². The van der Waals surface area contributed by atoms with E-state index in [-0.39, 0.29) is 6.54 Å². The second kappa shape index (κ2) is 8.16. The minimum absolute atomic E-state index is 0.118. The Balaban J connectivity index is 1.64. The van der Waals surface area contributed by atoms with Gasteiger partial charge in [0.25, 0.3) is 5.91 Å². The number of amides is 1. The topological polar surface area (TPSA) is 64.4 Å². The zero-order valence-electron chi connectivity index (χ0n) is 15.2. The van der Waals surface area contributed by atoms with Crippen molar-refractivity contribution in [1.29, 1.82) is 0 Å². The molecule has 5 nitrogen and oxygen atoms in total. The first kappa shape index (κ1) is 19.5. The van der Waals surface area contributed by atoms with E-state index < -0.39 is 28.9 Å². The average Bonchev–Trinajstić information content (AvgIpc) is 3.07. The van der Waals surface area contributed by atoms with Crippen LogP contribution in [0.4, 0.5) is 13.2 Å². The molecule has 1 amide bonds. The quantitative estimate of drug-likeness (QED) is 0.645. The van der Waals surface area contributed by atoms with Gasteiger partial charge in [0.15, 0.2) is 17.5 Å². The van der Waals surface area contributed by atoms with E-state index in [1.165, 1.54) is 0 Å². The lowest BCUT2D eigenvalue weighted by molar-refractivity contribution is 0.0948. The molecule has 0 atom stereocenters. The number of aryl methyl sites for hydroxylation is 1. The number of hydrogen-bond acceptors (Lipinski definition) is 4. The Morgan fingerprint density at radius 1 is 1.11 bits per heavy atom. The van der Waals surface area contributed by atoms with Crippen LogP contribution in [0.15, 0.2) is 40.8 Å². The molecule has 146 valence electrons. The summed E-state index contributed by atoms with van der Waals surface area (Å²) in [6.07, 6.45) is 0.322. The summed E-state index contributed by atoms with van der Waals surface area (Å²) >= 11 is 0. The van der Waals surface area contributed by atoms with Gasteiger partial charge in [0.2, 0.25) is 5.89 Å². The second-order valence-electron chi connectivity index (χ2n) is 5.98. The molecule has 0 spiro atoms. The molecule has 0 aliphatic heterocycles. The van der Waals surface area contributed by atoms with Crippen LogP contribution >= 0.6 is 0 Å². The molecule has 0 saturated heterocycles. The van der Waals surface area contributed by atoms with E-state index in [4.69, 9.17) is 9.15 Å². The van der Waals surface area contributed by atoms with Crippen molar-refractivity contribution in [2.75, 3.05) is 13.7 Å².